The van der Waals surface area contributed by atoms with Gasteiger partial charge < -0.3 is 9.73 Å². The van der Waals surface area contributed by atoms with Gasteiger partial charge in [-0.1, -0.05) is 60.7 Å². The average Bonchev–Trinajstić information content (AvgIpc) is 3.08. The van der Waals surface area contributed by atoms with E-state index in [1.165, 1.54) is 11.1 Å². The summed E-state index contributed by atoms with van der Waals surface area (Å²) in [7, 11) is 0. The van der Waals surface area contributed by atoms with Gasteiger partial charge in [-0.15, -0.1) is 0 Å². The van der Waals surface area contributed by atoms with E-state index in [1.807, 2.05) is 12.1 Å². The van der Waals surface area contributed by atoms with Gasteiger partial charge in [0.15, 0.2) is 0 Å². The van der Waals surface area contributed by atoms with Crippen molar-refractivity contribution >= 4 is 0 Å². The highest BCUT2D eigenvalue weighted by Crippen LogP contribution is 2.10. The van der Waals surface area contributed by atoms with Crippen molar-refractivity contribution in [2.75, 3.05) is 0 Å². The first-order valence-corrected chi connectivity index (χ1v) is 7.74. The second kappa shape index (κ2) is 7.62. The summed E-state index contributed by atoms with van der Waals surface area (Å²) in [6.07, 6.45) is 3.74. The van der Waals surface area contributed by atoms with Crippen LogP contribution in [0, 0.1) is 0 Å². The summed E-state index contributed by atoms with van der Waals surface area (Å²) in [5.74, 6) is 0.978. The molecule has 0 aliphatic heterocycles. The maximum absolute atomic E-state index is 5.42. The minimum Gasteiger partial charge on any atom is -0.468 e. The Hall–Kier alpha value is -2.32. The normalized spacial score (nSPS) is 11.0. The summed E-state index contributed by atoms with van der Waals surface area (Å²) in [5.41, 5.74) is 2.71. The summed E-state index contributed by atoms with van der Waals surface area (Å²) in [5, 5.41) is 3.63. The number of furan rings is 1. The molecule has 22 heavy (non-hydrogen) atoms. The van der Waals surface area contributed by atoms with Gasteiger partial charge in [0, 0.05) is 6.04 Å². The van der Waals surface area contributed by atoms with E-state index in [1.54, 1.807) is 6.26 Å². The summed E-state index contributed by atoms with van der Waals surface area (Å²) >= 11 is 0. The van der Waals surface area contributed by atoms with Gasteiger partial charge in [-0.05, 0) is 36.1 Å². The van der Waals surface area contributed by atoms with Crippen molar-refractivity contribution < 1.29 is 4.42 Å². The van der Waals surface area contributed by atoms with Crippen molar-refractivity contribution in [2.24, 2.45) is 0 Å². The van der Waals surface area contributed by atoms with E-state index < -0.39 is 0 Å². The van der Waals surface area contributed by atoms with E-state index >= 15 is 0 Å². The summed E-state index contributed by atoms with van der Waals surface area (Å²) in [6, 6.07) is 25.6. The number of nitrogens with one attached hydrogen (secondary N) is 1. The first-order valence-electron chi connectivity index (χ1n) is 7.74. The van der Waals surface area contributed by atoms with Crippen LogP contribution in [0.1, 0.15) is 16.9 Å². The lowest BCUT2D eigenvalue weighted by molar-refractivity contribution is 0.438. The predicted octanol–water partition coefficient (Wildman–Crippen LogP) is 4.22. The third kappa shape index (κ3) is 4.34. The summed E-state index contributed by atoms with van der Waals surface area (Å²) < 4.78 is 5.42. The lowest BCUT2D eigenvalue weighted by atomic mass is 9.99. The zero-order chi connectivity index (χ0) is 15.0. The second-order valence-electron chi connectivity index (χ2n) is 5.54. The quantitative estimate of drug-likeness (QED) is 0.705. The van der Waals surface area contributed by atoms with Crippen LogP contribution in [0.15, 0.2) is 83.5 Å². The molecule has 0 unspecified atom stereocenters. The van der Waals surface area contributed by atoms with E-state index in [4.69, 9.17) is 4.42 Å². The molecule has 0 saturated heterocycles. The fourth-order valence-corrected chi connectivity index (χ4v) is 2.67. The van der Waals surface area contributed by atoms with Crippen molar-refractivity contribution in [3.63, 3.8) is 0 Å². The third-order valence-electron chi connectivity index (χ3n) is 3.79. The van der Waals surface area contributed by atoms with Crippen molar-refractivity contribution in [3.05, 3.63) is 95.9 Å². The van der Waals surface area contributed by atoms with Gasteiger partial charge in [-0.25, -0.2) is 0 Å². The maximum atomic E-state index is 5.42. The van der Waals surface area contributed by atoms with Crippen molar-refractivity contribution in [2.45, 2.75) is 25.4 Å². The molecule has 0 atom stereocenters. The Morgan fingerprint density at radius 2 is 1.32 bits per heavy atom. The van der Waals surface area contributed by atoms with Crippen LogP contribution in [0.25, 0.3) is 0 Å². The first kappa shape index (κ1) is 14.6. The molecule has 1 heterocycles. The lowest BCUT2D eigenvalue weighted by Crippen LogP contribution is -2.32. The molecule has 3 rings (SSSR count). The van der Waals surface area contributed by atoms with E-state index in [-0.39, 0.29) is 0 Å². The smallest absolute Gasteiger partial charge is 0.117 e. The fourth-order valence-electron chi connectivity index (χ4n) is 2.67. The summed E-state index contributed by atoms with van der Waals surface area (Å²) in [4.78, 5) is 0. The molecule has 0 aliphatic carbocycles. The molecular formula is C20H21NO. The van der Waals surface area contributed by atoms with Crippen molar-refractivity contribution in [1.29, 1.82) is 0 Å². The minimum atomic E-state index is 0.384. The fraction of sp³-hybridized carbons (Fsp3) is 0.200. The van der Waals surface area contributed by atoms with Gasteiger partial charge in [0.1, 0.15) is 5.76 Å². The van der Waals surface area contributed by atoms with Crippen LogP contribution in [0.4, 0.5) is 0 Å². The topological polar surface area (TPSA) is 25.2 Å². The Morgan fingerprint density at radius 1 is 0.727 bits per heavy atom. The lowest BCUT2D eigenvalue weighted by Gasteiger charge is -2.18. The maximum Gasteiger partial charge on any atom is 0.117 e. The molecule has 0 bridgehead atoms. The van der Waals surface area contributed by atoms with Gasteiger partial charge in [0.2, 0.25) is 0 Å². The molecule has 2 nitrogen and oxygen atoms in total. The monoisotopic (exact) mass is 291 g/mol. The van der Waals surface area contributed by atoms with Crippen LogP contribution in [-0.2, 0) is 19.4 Å². The molecule has 0 aliphatic rings. The molecule has 0 radical (unpaired) electrons. The second-order valence-corrected chi connectivity index (χ2v) is 5.54. The van der Waals surface area contributed by atoms with E-state index in [0.717, 1.165) is 25.1 Å². The minimum absolute atomic E-state index is 0.384. The molecule has 2 heteroatoms. The predicted molar refractivity (Wildman–Crippen MR) is 89.6 cm³/mol. The zero-order valence-electron chi connectivity index (χ0n) is 12.6. The zero-order valence-corrected chi connectivity index (χ0v) is 12.6. The van der Waals surface area contributed by atoms with E-state index in [2.05, 4.69) is 66.0 Å². The number of hydrogen-bond donors (Lipinski definition) is 1. The standard InChI is InChI=1S/C20H21NO/c1-3-8-17(9-4-1)14-19(15-18-10-5-2-6-11-18)21-16-20-12-7-13-22-20/h1-13,19,21H,14-16H2. The highest BCUT2D eigenvalue weighted by molar-refractivity contribution is 5.19. The van der Waals surface area contributed by atoms with Crippen LogP contribution >= 0.6 is 0 Å². The number of rotatable bonds is 7. The van der Waals surface area contributed by atoms with Crippen LogP contribution < -0.4 is 5.32 Å². The third-order valence-corrected chi connectivity index (χ3v) is 3.79. The Kier molecular flexibility index (Phi) is 5.06. The Morgan fingerprint density at radius 3 is 1.82 bits per heavy atom. The highest BCUT2D eigenvalue weighted by Gasteiger charge is 2.11. The molecule has 0 saturated carbocycles. The number of benzene rings is 2. The SMILES string of the molecule is c1ccc(CC(Cc2ccccc2)NCc2ccco2)cc1. The molecule has 0 spiro atoms. The van der Waals surface area contributed by atoms with E-state index in [9.17, 15) is 0 Å². The van der Waals surface area contributed by atoms with Gasteiger partial charge in [0.25, 0.3) is 0 Å². The van der Waals surface area contributed by atoms with Gasteiger partial charge in [-0.3, -0.25) is 0 Å². The van der Waals surface area contributed by atoms with Gasteiger partial charge in [-0.2, -0.15) is 0 Å². The average molecular weight is 291 g/mol. The highest BCUT2D eigenvalue weighted by atomic mass is 16.3. The largest absolute Gasteiger partial charge is 0.468 e. The molecule has 1 N–H and O–H groups in total. The molecule has 112 valence electrons. The number of hydrogen-bond acceptors (Lipinski definition) is 2. The van der Waals surface area contributed by atoms with Crippen LogP contribution in [0.5, 0.6) is 0 Å². The van der Waals surface area contributed by atoms with Crippen LogP contribution in [0.3, 0.4) is 0 Å². The Bertz CT molecular complexity index is 605. The van der Waals surface area contributed by atoms with E-state index in [0.29, 0.717) is 6.04 Å². The molecule has 1 aromatic heterocycles. The Labute approximate surface area is 131 Å². The van der Waals surface area contributed by atoms with Crippen molar-refractivity contribution in [1.82, 2.24) is 5.32 Å². The van der Waals surface area contributed by atoms with Gasteiger partial charge >= 0.3 is 0 Å². The molecule has 0 amide bonds. The molecule has 3 aromatic rings. The van der Waals surface area contributed by atoms with Crippen LogP contribution in [0.2, 0.25) is 0 Å². The molecular weight excluding hydrogens is 270 g/mol. The van der Waals surface area contributed by atoms with Crippen molar-refractivity contribution in [3.8, 4) is 0 Å². The van der Waals surface area contributed by atoms with Gasteiger partial charge in [0.05, 0.1) is 12.8 Å². The first-order chi connectivity index (χ1) is 10.9. The molecule has 0 fully saturated rings. The Balaban J connectivity index is 1.67. The summed E-state index contributed by atoms with van der Waals surface area (Å²) in [6.45, 7) is 0.761. The molecule has 2 aromatic carbocycles. The van der Waals surface area contributed by atoms with Crippen LogP contribution in [-0.4, -0.2) is 6.04 Å².